The summed E-state index contributed by atoms with van der Waals surface area (Å²) in [5.41, 5.74) is 1.30. The predicted molar refractivity (Wildman–Crippen MR) is 103 cm³/mol. The molecular formula is C21H29N3O. The van der Waals surface area contributed by atoms with Crippen LogP contribution in [0.2, 0.25) is 0 Å². The maximum Gasteiger partial charge on any atom is 0.172 e. The third-order valence-electron chi connectivity index (χ3n) is 5.08. The summed E-state index contributed by atoms with van der Waals surface area (Å²) >= 11 is 0. The normalized spacial score (nSPS) is 19.6. The van der Waals surface area contributed by atoms with E-state index in [1.54, 1.807) is 0 Å². The van der Waals surface area contributed by atoms with Crippen LogP contribution in [0.5, 0.6) is 5.75 Å². The second-order valence-corrected chi connectivity index (χ2v) is 6.47. The van der Waals surface area contributed by atoms with E-state index in [0.29, 0.717) is 0 Å². The van der Waals surface area contributed by atoms with Crippen LogP contribution in [0.15, 0.2) is 48.7 Å². The highest BCUT2D eigenvalue weighted by molar-refractivity contribution is 5.56. The molecule has 1 aromatic carbocycles. The number of benzene rings is 1. The second kappa shape index (κ2) is 8.34. The molecule has 0 saturated carbocycles. The van der Waals surface area contributed by atoms with E-state index in [2.05, 4.69) is 65.9 Å². The van der Waals surface area contributed by atoms with Gasteiger partial charge in [0.1, 0.15) is 6.10 Å². The molecule has 2 heterocycles. The topological polar surface area (TPSA) is 28.6 Å². The first-order valence-electron chi connectivity index (χ1n) is 9.44. The van der Waals surface area contributed by atoms with E-state index in [1.165, 1.54) is 5.56 Å². The number of ether oxygens (including phenoxy) is 1. The zero-order chi connectivity index (χ0) is 17.6. The van der Waals surface area contributed by atoms with Crippen molar-refractivity contribution in [1.82, 2.24) is 9.88 Å². The van der Waals surface area contributed by atoms with Gasteiger partial charge in [0.2, 0.25) is 0 Å². The van der Waals surface area contributed by atoms with Gasteiger partial charge in [-0.1, -0.05) is 51.1 Å². The van der Waals surface area contributed by atoms with Gasteiger partial charge in [-0.15, -0.1) is 0 Å². The molecule has 0 N–H and O–H groups in total. The van der Waals surface area contributed by atoms with Crippen LogP contribution in [0.1, 0.15) is 38.8 Å². The van der Waals surface area contributed by atoms with Crippen LogP contribution >= 0.6 is 0 Å². The van der Waals surface area contributed by atoms with Crippen molar-refractivity contribution >= 4 is 5.82 Å². The molecule has 0 amide bonds. The Hall–Kier alpha value is -2.07. The molecule has 0 fully saturated rings. The summed E-state index contributed by atoms with van der Waals surface area (Å²) in [4.78, 5) is 9.56. The molecule has 2 aromatic rings. The molecule has 0 spiro atoms. The summed E-state index contributed by atoms with van der Waals surface area (Å²) in [5.74, 6) is 1.87. The Kier molecular flexibility index (Phi) is 5.92. The van der Waals surface area contributed by atoms with Crippen molar-refractivity contribution in [1.29, 1.82) is 0 Å². The molecule has 1 aliphatic rings. The predicted octanol–water partition coefficient (Wildman–Crippen LogP) is 4.14. The van der Waals surface area contributed by atoms with E-state index in [9.17, 15) is 0 Å². The number of hydrogen-bond donors (Lipinski definition) is 0. The van der Waals surface area contributed by atoms with Crippen molar-refractivity contribution in [3.05, 3.63) is 54.2 Å². The largest absolute Gasteiger partial charge is 0.484 e. The fourth-order valence-electron chi connectivity index (χ4n) is 3.64. The zero-order valence-electron chi connectivity index (χ0n) is 15.6. The number of aromatic nitrogens is 1. The quantitative estimate of drug-likeness (QED) is 0.758. The van der Waals surface area contributed by atoms with Gasteiger partial charge in [0.05, 0.1) is 6.04 Å². The van der Waals surface area contributed by atoms with Gasteiger partial charge in [0.25, 0.3) is 0 Å². The Balaban J connectivity index is 1.96. The molecule has 0 radical (unpaired) electrons. The number of anilines is 1. The molecule has 25 heavy (non-hydrogen) atoms. The summed E-state index contributed by atoms with van der Waals surface area (Å²) in [5, 5.41) is 0. The number of hydrogen-bond acceptors (Lipinski definition) is 4. The summed E-state index contributed by atoms with van der Waals surface area (Å²) < 4.78 is 6.32. The number of likely N-dealkylation sites (N-methyl/N-ethyl adjacent to an activating group) is 1. The number of pyridine rings is 1. The SMILES string of the molecule is CCC1Oc2cccnc2N(CCN(CC)CC)C1c1ccccc1. The molecule has 0 bridgehead atoms. The van der Waals surface area contributed by atoms with Crippen LogP contribution in [0.4, 0.5) is 5.82 Å². The molecule has 1 aliphatic heterocycles. The highest BCUT2D eigenvalue weighted by atomic mass is 16.5. The summed E-state index contributed by atoms with van der Waals surface area (Å²) in [6.45, 7) is 10.8. The molecular weight excluding hydrogens is 310 g/mol. The zero-order valence-corrected chi connectivity index (χ0v) is 15.6. The average molecular weight is 339 g/mol. The Bertz CT molecular complexity index is 657. The standard InChI is InChI=1S/C21H29N3O/c1-4-18-20(17-11-8-7-9-12-17)24(16-15-23(5-2)6-3)21-19(25-18)13-10-14-22-21/h7-14,18,20H,4-6,15-16H2,1-3H3. The van der Waals surface area contributed by atoms with E-state index < -0.39 is 0 Å². The Labute approximate surface area is 151 Å². The molecule has 2 atom stereocenters. The van der Waals surface area contributed by atoms with Crippen molar-refractivity contribution in [2.45, 2.75) is 39.3 Å². The lowest BCUT2D eigenvalue weighted by Gasteiger charge is -2.43. The fourth-order valence-corrected chi connectivity index (χ4v) is 3.64. The fraction of sp³-hybridized carbons (Fsp3) is 0.476. The van der Waals surface area contributed by atoms with E-state index >= 15 is 0 Å². The second-order valence-electron chi connectivity index (χ2n) is 6.47. The van der Waals surface area contributed by atoms with Crippen LogP contribution in [0.3, 0.4) is 0 Å². The lowest BCUT2D eigenvalue weighted by atomic mass is 9.96. The minimum Gasteiger partial charge on any atom is -0.484 e. The first-order valence-corrected chi connectivity index (χ1v) is 9.44. The monoisotopic (exact) mass is 339 g/mol. The van der Waals surface area contributed by atoms with Crippen molar-refractivity contribution in [2.75, 3.05) is 31.1 Å². The van der Waals surface area contributed by atoms with Gasteiger partial charge in [0.15, 0.2) is 11.6 Å². The van der Waals surface area contributed by atoms with Gasteiger partial charge >= 0.3 is 0 Å². The first-order chi connectivity index (χ1) is 12.3. The summed E-state index contributed by atoms with van der Waals surface area (Å²) in [6.07, 6.45) is 2.96. The van der Waals surface area contributed by atoms with Gasteiger partial charge in [-0.2, -0.15) is 0 Å². The van der Waals surface area contributed by atoms with Gasteiger partial charge in [0, 0.05) is 19.3 Å². The van der Waals surface area contributed by atoms with Gasteiger partial charge in [-0.3, -0.25) is 0 Å². The maximum atomic E-state index is 6.32. The third-order valence-corrected chi connectivity index (χ3v) is 5.08. The van der Waals surface area contributed by atoms with Gasteiger partial charge in [-0.05, 0) is 37.2 Å². The van der Waals surface area contributed by atoms with Crippen LogP contribution in [0.25, 0.3) is 0 Å². The molecule has 1 aromatic heterocycles. The minimum atomic E-state index is 0.135. The first kappa shape index (κ1) is 17.7. The number of nitrogens with zero attached hydrogens (tertiary/aromatic N) is 3. The highest BCUT2D eigenvalue weighted by Crippen LogP contribution is 2.41. The summed E-state index contributed by atoms with van der Waals surface area (Å²) in [6, 6.07) is 14.9. The lowest BCUT2D eigenvalue weighted by Crippen LogP contribution is -2.46. The Morgan fingerprint density at radius 3 is 2.48 bits per heavy atom. The van der Waals surface area contributed by atoms with Crippen LogP contribution in [-0.4, -0.2) is 42.2 Å². The smallest absolute Gasteiger partial charge is 0.172 e. The molecule has 3 rings (SSSR count). The maximum absolute atomic E-state index is 6.32. The van der Waals surface area contributed by atoms with Crippen LogP contribution in [-0.2, 0) is 0 Å². The number of rotatable bonds is 7. The van der Waals surface area contributed by atoms with E-state index in [0.717, 1.165) is 44.2 Å². The molecule has 0 aliphatic carbocycles. The molecule has 4 nitrogen and oxygen atoms in total. The highest BCUT2D eigenvalue weighted by Gasteiger charge is 2.36. The minimum absolute atomic E-state index is 0.135. The molecule has 134 valence electrons. The Morgan fingerprint density at radius 2 is 1.80 bits per heavy atom. The van der Waals surface area contributed by atoms with E-state index in [4.69, 9.17) is 4.74 Å². The molecule has 2 unspecified atom stereocenters. The van der Waals surface area contributed by atoms with Gasteiger partial charge < -0.3 is 14.5 Å². The van der Waals surface area contributed by atoms with Crippen LogP contribution in [0, 0.1) is 0 Å². The molecule has 0 saturated heterocycles. The third kappa shape index (κ3) is 3.79. The summed E-state index contributed by atoms with van der Waals surface area (Å²) in [7, 11) is 0. The van der Waals surface area contributed by atoms with Gasteiger partial charge in [-0.25, -0.2) is 4.98 Å². The van der Waals surface area contributed by atoms with Crippen molar-refractivity contribution in [3.63, 3.8) is 0 Å². The van der Waals surface area contributed by atoms with Crippen molar-refractivity contribution < 1.29 is 4.74 Å². The van der Waals surface area contributed by atoms with Crippen molar-refractivity contribution in [3.8, 4) is 5.75 Å². The van der Waals surface area contributed by atoms with E-state index in [-0.39, 0.29) is 12.1 Å². The Morgan fingerprint density at radius 1 is 1.04 bits per heavy atom. The average Bonchev–Trinajstić information content (AvgIpc) is 2.68. The van der Waals surface area contributed by atoms with Crippen LogP contribution < -0.4 is 9.64 Å². The lowest BCUT2D eigenvalue weighted by molar-refractivity contribution is 0.143. The number of fused-ring (bicyclic) bond motifs is 1. The van der Waals surface area contributed by atoms with Crippen molar-refractivity contribution in [2.24, 2.45) is 0 Å². The molecule has 4 heteroatoms. The van der Waals surface area contributed by atoms with E-state index in [1.807, 2.05) is 18.3 Å².